The van der Waals surface area contributed by atoms with Gasteiger partial charge in [0.15, 0.2) is 0 Å². The Balaban J connectivity index is 2.17. The highest BCUT2D eigenvalue weighted by Gasteiger charge is 2.22. The van der Waals surface area contributed by atoms with Crippen LogP contribution in [0.25, 0.3) is 0 Å². The molecule has 0 aromatic rings. The van der Waals surface area contributed by atoms with E-state index in [1.807, 2.05) is 0 Å². The van der Waals surface area contributed by atoms with Crippen LogP contribution in [-0.4, -0.2) is 68.7 Å². The highest BCUT2D eigenvalue weighted by molar-refractivity contribution is 7.88. The van der Waals surface area contributed by atoms with Crippen LogP contribution in [0.4, 0.5) is 0 Å². The fourth-order valence-corrected chi connectivity index (χ4v) is 2.88. The minimum absolute atomic E-state index is 0.176. The first-order valence-electron chi connectivity index (χ1n) is 6.61. The lowest BCUT2D eigenvalue weighted by Gasteiger charge is -2.33. The molecule has 1 N–H and O–H groups in total. The summed E-state index contributed by atoms with van der Waals surface area (Å²) in [5.41, 5.74) is 0.176. The molecule has 108 valence electrons. The van der Waals surface area contributed by atoms with E-state index in [9.17, 15) is 8.42 Å². The molecule has 0 bridgehead atoms. The molecular formula is C12H27N3O2S. The lowest BCUT2D eigenvalue weighted by Crippen LogP contribution is -2.48. The third-order valence-corrected chi connectivity index (χ3v) is 4.41. The molecule has 0 aliphatic carbocycles. The topological polar surface area (TPSA) is 52.6 Å². The maximum Gasteiger partial charge on any atom is 0.211 e. The predicted octanol–water partition coefficient (Wildman–Crippen LogP) is 0.342. The van der Waals surface area contributed by atoms with E-state index in [2.05, 4.69) is 31.0 Å². The SMILES string of the molecule is CC(C)(C)NCCCN1CCN(S(C)(=O)=O)CC1. The van der Waals surface area contributed by atoms with Crippen LogP contribution in [0, 0.1) is 0 Å². The normalized spacial score (nSPS) is 20.2. The van der Waals surface area contributed by atoms with Gasteiger partial charge in [0.05, 0.1) is 6.26 Å². The zero-order valence-electron chi connectivity index (χ0n) is 12.1. The van der Waals surface area contributed by atoms with Crippen molar-refractivity contribution in [3.05, 3.63) is 0 Å². The largest absolute Gasteiger partial charge is 0.312 e. The van der Waals surface area contributed by atoms with Crippen LogP contribution < -0.4 is 5.32 Å². The first-order valence-corrected chi connectivity index (χ1v) is 8.46. The number of nitrogens with zero attached hydrogens (tertiary/aromatic N) is 2. The summed E-state index contributed by atoms with van der Waals surface area (Å²) in [4.78, 5) is 2.34. The molecule has 0 saturated carbocycles. The molecule has 6 heteroatoms. The molecule has 1 rings (SSSR count). The van der Waals surface area contributed by atoms with Gasteiger partial charge in [-0.1, -0.05) is 0 Å². The van der Waals surface area contributed by atoms with E-state index >= 15 is 0 Å². The van der Waals surface area contributed by atoms with Gasteiger partial charge in [0.2, 0.25) is 10.0 Å². The van der Waals surface area contributed by atoms with Gasteiger partial charge in [-0.2, -0.15) is 4.31 Å². The number of rotatable bonds is 5. The standard InChI is InChI=1S/C12H27N3O2S/c1-12(2,3)13-6-5-7-14-8-10-15(11-9-14)18(4,16)17/h13H,5-11H2,1-4H3. The minimum Gasteiger partial charge on any atom is -0.312 e. The fraction of sp³-hybridized carbons (Fsp3) is 1.00. The summed E-state index contributed by atoms with van der Waals surface area (Å²) >= 11 is 0. The third kappa shape index (κ3) is 6.13. The molecule has 1 fully saturated rings. The molecule has 18 heavy (non-hydrogen) atoms. The molecule has 0 aromatic carbocycles. The molecule has 1 aliphatic heterocycles. The van der Waals surface area contributed by atoms with Gasteiger partial charge in [-0.3, -0.25) is 0 Å². The summed E-state index contributed by atoms with van der Waals surface area (Å²) in [6.45, 7) is 11.5. The monoisotopic (exact) mass is 277 g/mol. The Labute approximate surface area is 112 Å². The summed E-state index contributed by atoms with van der Waals surface area (Å²) in [5.74, 6) is 0. The number of hydrogen-bond acceptors (Lipinski definition) is 4. The van der Waals surface area contributed by atoms with Crippen LogP contribution in [0.1, 0.15) is 27.2 Å². The van der Waals surface area contributed by atoms with Gasteiger partial charge >= 0.3 is 0 Å². The van der Waals surface area contributed by atoms with Crippen molar-refractivity contribution in [1.29, 1.82) is 0 Å². The maximum absolute atomic E-state index is 11.4. The van der Waals surface area contributed by atoms with Gasteiger partial charge in [0.25, 0.3) is 0 Å². The third-order valence-electron chi connectivity index (χ3n) is 3.11. The fourth-order valence-electron chi connectivity index (χ4n) is 2.05. The number of piperazine rings is 1. The van der Waals surface area contributed by atoms with Crippen molar-refractivity contribution < 1.29 is 8.42 Å². The van der Waals surface area contributed by atoms with Crippen LogP contribution in [0.3, 0.4) is 0 Å². The van der Waals surface area contributed by atoms with Gasteiger partial charge in [0.1, 0.15) is 0 Å². The van der Waals surface area contributed by atoms with Crippen molar-refractivity contribution >= 4 is 10.0 Å². The number of sulfonamides is 1. The summed E-state index contributed by atoms with van der Waals surface area (Å²) < 4.78 is 24.3. The Morgan fingerprint density at radius 3 is 2.11 bits per heavy atom. The second kappa shape index (κ2) is 6.32. The Hall–Kier alpha value is -0.170. The zero-order valence-corrected chi connectivity index (χ0v) is 12.9. The zero-order chi connectivity index (χ0) is 13.8. The molecule has 0 aromatic heterocycles. The molecular weight excluding hydrogens is 250 g/mol. The Morgan fingerprint density at radius 2 is 1.67 bits per heavy atom. The Kier molecular flexibility index (Phi) is 5.58. The first-order chi connectivity index (χ1) is 8.18. The van der Waals surface area contributed by atoms with Crippen molar-refractivity contribution in [2.45, 2.75) is 32.7 Å². The van der Waals surface area contributed by atoms with E-state index in [4.69, 9.17) is 0 Å². The number of hydrogen-bond donors (Lipinski definition) is 1. The van der Waals surface area contributed by atoms with Gasteiger partial charge in [0, 0.05) is 31.7 Å². The molecule has 0 spiro atoms. The van der Waals surface area contributed by atoms with E-state index in [1.54, 1.807) is 4.31 Å². The molecule has 1 saturated heterocycles. The van der Waals surface area contributed by atoms with Gasteiger partial charge < -0.3 is 10.2 Å². The first kappa shape index (κ1) is 15.9. The summed E-state index contributed by atoms with van der Waals surface area (Å²) in [5, 5.41) is 3.46. The maximum atomic E-state index is 11.4. The van der Waals surface area contributed by atoms with Crippen molar-refractivity contribution in [3.8, 4) is 0 Å². The average molecular weight is 277 g/mol. The molecule has 0 amide bonds. The number of nitrogens with one attached hydrogen (secondary N) is 1. The van der Waals surface area contributed by atoms with E-state index in [1.165, 1.54) is 6.26 Å². The molecule has 1 heterocycles. The average Bonchev–Trinajstić information content (AvgIpc) is 2.22. The molecule has 5 nitrogen and oxygen atoms in total. The van der Waals surface area contributed by atoms with Crippen LogP contribution in [-0.2, 0) is 10.0 Å². The second-order valence-corrected chi connectivity index (χ2v) is 8.02. The van der Waals surface area contributed by atoms with E-state index in [0.29, 0.717) is 13.1 Å². The van der Waals surface area contributed by atoms with E-state index in [0.717, 1.165) is 32.6 Å². The van der Waals surface area contributed by atoms with E-state index < -0.39 is 10.0 Å². The summed E-state index contributed by atoms with van der Waals surface area (Å²) in [6.07, 6.45) is 2.39. The second-order valence-electron chi connectivity index (χ2n) is 6.03. The van der Waals surface area contributed by atoms with Gasteiger partial charge in [-0.15, -0.1) is 0 Å². The van der Waals surface area contributed by atoms with E-state index in [-0.39, 0.29) is 5.54 Å². The summed E-state index contributed by atoms with van der Waals surface area (Å²) in [6, 6.07) is 0. The highest BCUT2D eigenvalue weighted by Crippen LogP contribution is 2.06. The smallest absolute Gasteiger partial charge is 0.211 e. The lowest BCUT2D eigenvalue weighted by atomic mass is 10.1. The predicted molar refractivity (Wildman–Crippen MR) is 75.2 cm³/mol. The van der Waals surface area contributed by atoms with Crippen LogP contribution in [0.15, 0.2) is 0 Å². The molecule has 0 unspecified atom stereocenters. The van der Waals surface area contributed by atoms with Gasteiger partial charge in [-0.05, 0) is 40.3 Å². The van der Waals surface area contributed by atoms with Crippen molar-refractivity contribution in [1.82, 2.24) is 14.5 Å². The molecule has 0 atom stereocenters. The molecule has 0 radical (unpaired) electrons. The van der Waals surface area contributed by atoms with Crippen LogP contribution >= 0.6 is 0 Å². The van der Waals surface area contributed by atoms with Crippen LogP contribution in [0.5, 0.6) is 0 Å². The van der Waals surface area contributed by atoms with Crippen LogP contribution in [0.2, 0.25) is 0 Å². The minimum atomic E-state index is -3.00. The van der Waals surface area contributed by atoms with Crippen molar-refractivity contribution in [3.63, 3.8) is 0 Å². The van der Waals surface area contributed by atoms with Crippen molar-refractivity contribution in [2.75, 3.05) is 45.5 Å². The van der Waals surface area contributed by atoms with Crippen molar-refractivity contribution in [2.24, 2.45) is 0 Å². The highest BCUT2D eigenvalue weighted by atomic mass is 32.2. The van der Waals surface area contributed by atoms with Gasteiger partial charge in [-0.25, -0.2) is 8.42 Å². The quantitative estimate of drug-likeness (QED) is 0.737. The lowest BCUT2D eigenvalue weighted by molar-refractivity contribution is 0.185. The Morgan fingerprint density at radius 1 is 1.11 bits per heavy atom. The Bertz CT molecular complexity index is 341. The summed E-state index contributed by atoms with van der Waals surface area (Å²) in [7, 11) is -3.00. The molecule has 1 aliphatic rings.